The monoisotopic (exact) mass is 289 g/mol. The molecule has 2 heterocycles. The summed E-state index contributed by atoms with van der Waals surface area (Å²) in [5, 5.41) is 3.72. The summed E-state index contributed by atoms with van der Waals surface area (Å²) >= 11 is 0. The molecule has 0 amide bonds. The molecule has 1 unspecified atom stereocenters. The Morgan fingerprint density at radius 2 is 1.95 bits per heavy atom. The highest BCUT2D eigenvalue weighted by Crippen LogP contribution is 2.25. The Bertz CT molecular complexity index is 394. The lowest BCUT2D eigenvalue weighted by molar-refractivity contribution is 0.0840. The number of nitrogens with zero attached hydrogens (tertiary/aromatic N) is 2. The van der Waals surface area contributed by atoms with Gasteiger partial charge in [0.1, 0.15) is 0 Å². The minimum absolute atomic E-state index is 0.177. The second kappa shape index (κ2) is 7.90. The molecule has 1 aliphatic heterocycles. The zero-order valence-electron chi connectivity index (χ0n) is 13.9. The Morgan fingerprint density at radius 3 is 2.52 bits per heavy atom. The molecule has 3 nitrogen and oxygen atoms in total. The van der Waals surface area contributed by atoms with Crippen molar-refractivity contribution < 1.29 is 0 Å². The number of likely N-dealkylation sites (N-methyl/N-ethyl adjacent to an activating group) is 1. The minimum atomic E-state index is 0.177. The van der Waals surface area contributed by atoms with Gasteiger partial charge in [0.05, 0.1) is 0 Å². The number of rotatable bonds is 6. The minimum Gasteiger partial charge on any atom is -0.312 e. The van der Waals surface area contributed by atoms with E-state index in [0.29, 0.717) is 6.04 Å². The Kier molecular flexibility index (Phi) is 6.19. The van der Waals surface area contributed by atoms with Gasteiger partial charge in [-0.15, -0.1) is 0 Å². The lowest BCUT2D eigenvalue weighted by Gasteiger charge is -2.44. The van der Waals surface area contributed by atoms with Crippen LogP contribution >= 0.6 is 0 Å². The van der Waals surface area contributed by atoms with E-state index in [1.165, 1.54) is 44.3 Å². The fraction of sp³-hybridized carbons (Fsp3) is 0.722. The van der Waals surface area contributed by atoms with Crippen LogP contribution in [0, 0.1) is 0 Å². The van der Waals surface area contributed by atoms with Crippen LogP contribution in [0.5, 0.6) is 0 Å². The number of aromatic nitrogens is 1. The maximum Gasteiger partial charge on any atom is 0.0309 e. The van der Waals surface area contributed by atoms with Crippen molar-refractivity contribution >= 4 is 0 Å². The number of nitrogens with one attached hydrogen (secondary N) is 1. The van der Waals surface area contributed by atoms with Gasteiger partial charge >= 0.3 is 0 Å². The van der Waals surface area contributed by atoms with Gasteiger partial charge in [-0.25, -0.2) is 0 Å². The van der Waals surface area contributed by atoms with E-state index in [1.807, 2.05) is 18.5 Å². The Hall–Kier alpha value is -0.930. The van der Waals surface area contributed by atoms with E-state index in [2.05, 4.69) is 42.0 Å². The second-order valence-electron chi connectivity index (χ2n) is 6.73. The van der Waals surface area contributed by atoms with E-state index in [-0.39, 0.29) is 5.54 Å². The van der Waals surface area contributed by atoms with Crippen molar-refractivity contribution in [3.05, 3.63) is 30.1 Å². The molecule has 1 N–H and O–H groups in total. The standard InChI is InChI=1S/C18H31N3/c1-4-20-17(14-16-10-9-11-19-15-16)18(2,3)21-12-7-5-6-8-13-21/h9-11,15,17,20H,4-8,12-14H2,1-3H3. The van der Waals surface area contributed by atoms with Crippen molar-refractivity contribution in [1.82, 2.24) is 15.2 Å². The topological polar surface area (TPSA) is 28.2 Å². The average Bonchev–Trinajstić information content (AvgIpc) is 2.77. The van der Waals surface area contributed by atoms with E-state index in [9.17, 15) is 0 Å². The van der Waals surface area contributed by atoms with Crippen LogP contribution in [0.4, 0.5) is 0 Å². The molecule has 1 aromatic heterocycles. The zero-order valence-corrected chi connectivity index (χ0v) is 13.9. The summed E-state index contributed by atoms with van der Waals surface area (Å²) in [6.07, 6.45) is 10.4. The van der Waals surface area contributed by atoms with Gasteiger partial charge in [-0.05, 0) is 64.4 Å². The van der Waals surface area contributed by atoms with Crippen molar-refractivity contribution in [2.45, 2.75) is 64.5 Å². The molecule has 0 spiro atoms. The van der Waals surface area contributed by atoms with Crippen molar-refractivity contribution in [3.63, 3.8) is 0 Å². The summed E-state index contributed by atoms with van der Waals surface area (Å²) in [6.45, 7) is 10.5. The molecule has 1 aliphatic rings. The summed E-state index contributed by atoms with van der Waals surface area (Å²) < 4.78 is 0. The van der Waals surface area contributed by atoms with Crippen LogP contribution in [0.2, 0.25) is 0 Å². The summed E-state index contributed by atoms with van der Waals surface area (Å²) in [7, 11) is 0. The Labute approximate surface area is 130 Å². The first-order valence-corrected chi connectivity index (χ1v) is 8.52. The third-order valence-corrected chi connectivity index (χ3v) is 4.89. The highest BCUT2D eigenvalue weighted by molar-refractivity contribution is 5.12. The van der Waals surface area contributed by atoms with Crippen LogP contribution in [-0.2, 0) is 6.42 Å². The zero-order chi connectivity index (χ0) is 15.1. The molecule has 0 aliphatic carbocycles. The van der Waals surface area contributed by atoms with Crippen LogP contribution in [0.3, 0.4) is 0 Å². The third kappa shape index (κ3) is 4.52. The molecule has 0 saturated carbocycles. The molecule has 0 aromatic carbocycles. The number of likely N-dealkylation sites (tertiary alicyclic amines) is 1. The molecule has 21 heavy (non-hydrogen) atoms. The van der Waals surface area contributed by atoms with Gasteiger partial charge in [0, 0.05) is 24.0 Å². The average molecular weight is 289 g/mol. The first-order valence-electron chi connectivity index (χ1n) is 8.52. The first-order chi connectivity index (χ1) is 10.1. The maximum atomic E-state index is 4.27. The molecule has 2 rings (SSSR count). The van der Waals surface area contributed by atoms with E-state index in [0.717, 1.165) is 13.0 Å². The number of hydrogen-bond acceptors (Lipinski definition) is 3. The van der Waals surface area contributed by atoms with Crippen LogP contribution < -0.4 is 5.32 Å². The fourth-order valence-corrected chi connectivity index (χ4v) is 3.44. The molecule has 1 aromatic rings. The van der Waals surface area contributed by atoms with E-state index < -0.39 is 0 Å². The maximum absolute atomic E-state index is 4.27. The highest BCUT2D eigenvalue weighted by atomic mass is 15.2. The van der Waals surface area contributed by atoms with Gasteiger partial charge < -0.3 is 5.32 Å². The van der Waals surface area contributed by atoms with Crippen LogP contribution in [0.1, 0.15) is 52.0 Å². The smallest absolute Gasteiger partial charge is 0.0309 e. The summed E-state index contributed by atoms with van der Waals surface area (Å²) in [5.41, 5.74) is 1.50. The lowest BCUT2D eigenvalue weighted by Crippen LogP contribution is -2.58. The van der Waals surface area contributed by atoms with Gasteiger partial charge in [-0.2, -0.15) is 0 Å². The predicted octanol–water partition coefficient (Wildman–Crippen LogP) is 3.26. The van der Waals surface area contributed by atoms with Gasteiger partial charge in [-0.3, -0.25) is 9.88 Å². The largest absolute Gasteiger partial charge is 0.312 e. The predicted molar refractivity (Wildman–Crippen MR) is 89.5 cm³/mol. The first kappa shape index (κ1) is 16.4. The molecule has 1 fully saturated rings. The molecule has 3 heteroatoms. The van der Waals surface area contributed by atoms with Crippen molar-refractivity contribution in [1.29, 1.82) is 0 Å². The van der Waals surface area contributed by atoms with Crippen LogP contribution in [0.15, 0.2) is 24.5 Å². The highest BCUT2D eigenvalue weighted by Gasteiger charge is 2.35. The molecule has 1 saturated heterocycles. The summed E-state index contributed by atoms with van der Waals surface area (Å²) in [5.74, 6) is 0. The summed E-state index contributed by atoms with van der Waals surface area (Å²) in [4.78, 5) is 6.96. The van der Waals surface area contributed by atoms with E-state index in [4.69, 9.17) is 0 Å². The molecule has 118 valence electrons. The Balaban J connectivity index is 2.10. The van der Waals surface area contributed by atoms with Gasteiger partial charge in [0.15, 0.2) is 0 Å². The Morgan fingerprint density at radius 1 is 1.24 bits per heavy atom. The van der Waals surface area contributed by atoms with Gasteiger partial charge in [0.2, 0.25) is 0 Å². The van der Waals surface area contributed by atoms with E-state index in [1.54, 1.807) is 0 Å². The fourth-order valence-electron chi connectivity index (χ4n) is 3.44. The number of pyridine rings is 1. The molecule has 1 atom stereocenters. The SMILES string of the molecule is CCNC(Cc1cccnc1)C(C)(C)N1CCCCCC1. The molecular weight excluding hydrogens is 258 g/mol. The summed E-state index contributed by atoms with van der Waals surface area (Å²) in [6, 6.07) is 4.69. The van der Waals surface area contributed by atoms with Crippen molar-refractivity contribution in [2.24, 2.45) is 0 Å². The molecule has 0 bridgehead atoms. The molecular formula is C18H31N3. The van der Waals surface area contributed by atoms with Crippen LogP contribution in [-0.4, -0.2) is 41.1 Å². The second-order valence-corrected chi connectivity index (χ2v) is 6.73. The number of hydrogen-bond donors (Lipinski definition) is 1. The van der Waals surface area contributed by atoms with Crippen molar-refractivity contribution in [3.8, 4) is 0 Å². The van der Waals surface area contributed by atoms with Crippen molar-refractivity contribution in [2.75, 3.05) is 19.6 Å². The van der Waals surface area contributed by atoms with Crippen LogP contribution in [0.25, 0.3) is 0 Å². The van der Waals surface area contributed by atoms with E-state index >= 15 is 0 Å². The van der Waals surface area contributed by atoms with Gasteiger partial charge in [-0.1, -0.05) is 25.8 Å². The third-order valence-electron chi connectivity index (χ3n) is 4.89. The quantitative estimate of drug-likeness (QED) is 0.871. The normalized spacial score (nSPS) is 19.2. The lowest BCUT2D eigenvalue weighted by atomic mass is 9.87. The van der Waals surface area contributed by atoms with Gasteiger partial charge in [0.25, 0.3) is 0 Å². The molecule has 0 radical (unpaired) electrons.